The van der Waals surface area contributed by atoms with Gasteiger partial charge in [0.1, 0.15) is 0 Å². The van der Waals surface area contributed by atoms with Crippen LogP contribution in [0, 0.1) is 13.8 Å². The molecule has 1 aliphatic heterocycles. The number of carbonyl (C=O) groups excluding carboxylic acids is 1. The maximum atomic E-state index is 12.0. The Labute approximate surface area is 133 Å². The van der Waals surface area contributed by atoms with Crippen molar-refractivity contribution in [3.63, 3.8) is 0 Å². The first kappa shape index (κ1) is 14.5. The summed E-state index contributed by atoms with van der Waals surface area (Å²) in [7, 11) is 0. The first-order valence-corrected chi connectivity index (χ1v) is 7.26. The number of cyclic esters (lactones) is 1. The Hall–Kier alpha value is -2.39. The van der Waals surface area contributed by atoms with Gasteiger partial charge in [-0.15, -0.1) is 0 Å². The van der Waals surface area contributed by atoms with Crippen molar-refractivity contribution in [2.75, 3.05) is 0 Å². The molecule has 3 rings (SSSR count). The molecular formula is C18H14ClNO2. The van der Waals surface area contributed by atoms with Crippen molar-refractivity contribution in [2.45, 2.75) is 13.8 Å². The molecule has 2 aromatic carbocycles. The van der Waals surface area contributed by atoms with Crippen LogP contribution in [0.3, 0.4) is 0 Å². The molecular weight excluding hydrogens is 298 g/mol. The lowest BCUT2D eigenvalue weighted by atomic mass is 10.1. The highest BCUT2D eigenvalue weighted by molar-refractivity contribution is 6.30. The van der Waals surface area contributed by atoms with Crippen LogP contribution in [0.4, 0.5) is 0 Å². The summed E-state index contributed by atoms with van der Waals surface area (Å²) in [5.74, 6) is -0.0962. The molecule has 0 saturated heterocycles. The van der Waals surface area contributed by atoms with Gasteiger partial charge in [-0.1, -0.05) is 40.9 Å². The first-order valence-electron chi connectivity index (χ1n) is 6.88. The summed E-state index contributed by atoms with van der Waals surface area (Å²) >= 11 is 5.85. The van der Waals surface area contributed by atoms with E-state index in [4.69, 9.17) is 16.3 Å². The average Bonchev–Trinajstić information content (AvgIpc) is 2.82. The second-order valence-electron chi connectivity index (χ2n) is 5.26. The van der Waals surface area contributed by atoms with E-state index in [9.17, 15) is 4.79 Å². The number of rotatable bonds is 2. The fraction of sp³-hybridized carbons (Fsp3) is 0.111. The summed E-state index contributed by atoms with van der Waals surface area (Å²) in [5.41, 5.74) is 4.15. The second kappa shape index (κ2) is 5.78. The number of hydrogen-bond donors (Lipinski definition) is 0. The predicted octanol–water partition coefficient (Wildman–Crippen LogP) is 4.30. The normalized spacial score (nSPS) is 15.9. The maximum absolute atomic E-state index is 12.0. The van der Waals surface area contributed by atoms with Crippen LogP contribution in [0.5, 0.6) is 0 Å². The van der Waals surface area contributed by atoms with Crippen molar-refractivity contribution in [3.05, 3.63) is 75.4 Å². The molecule has 4 heteroatoms. The summed E-state index contributed by atoms with van der Waals surface area (Å²) in [6, 6.07) is 13.1. The standard InChI is InChI=1S/C18H14ClNO2/c1-11-7-12(2)9-14(8-11)17-20-16(18(21)22-17)10-13-3-5-15(19)6-4-13/h3-10H,1-2H3/b16-10-. The van der Waals surface area contributed by atoms with E-state index >= 15 is 0 Å². The lowest BCUT2D eigenvalue weighted by Crippen LogP contribution is -2.05. The van der Waals surface area contributed by atoms with E-state index in [-0.39, 0.29) is 5.70 Å². The van der Waals surface area contributed by atoms with Crippen LogP contribution in [0.1, 0.15) is 22.3 Å². The predicted molar refractivity (Wildman–Crippen MR) is 88.0 cm³/mol. The van der Waals surface area contributed by atoms with E-state index < -0.39 is 5.97 Å². The van der Waals surface area contributed by atoms with Crippen LogP contribution in [0.2, 0.25) is 5.02 Å². The fourth-order valence-electron chi connectivity index (χ4n) is 2.35. The first-order chi connectivity index (χ1) is 10.5. The summed E-state index contributed by atoms with van der Waals surface area (Å²) in [5, 5.41) is 0.649. The van der Waals surface area contributed by atoms with Crippen molar-refractivity contribution < 1.29 is 9.53 Å². The van der Waals surface area contributed by atoms with Crippen molar-refractivity contribution in [1.82, 2.24) is 0 Å². The molecule has 0 aromatic heterocycles. The van der Waals surface area contributed by atoms with Gasteiger partial charge in [-0.25, -0.2) is 9.79 Å². The average molecular weight is 312 g/mol. The number of ether oxygens (including phenoxy) is 1. The summed E-state index contributed by atoms with van der Waals surface area (Å²) < 4.78 is 5.28. The molecule has 0 bridgehead atoms. The van der Waals surface area contributed by atoms with Gasteiger partial charge in [0, 0.05) is 10.6 Å². The third-order valence-electron chi connectivity index (χ3n) is 3.26. The number of hydrogen-bond acceptors (Lipinski definition) is 3. The third-order valence-corrected chi connectivity index (χ3v) is 3.51. The second-order valence-corrected chi connectivity index (χ2v) is 5.70. The third kappa shape index (κ3) is 3.10. The minimum atomic E-state index is -0.441. The Kier molecular flexibility index (Phi) is 3.82. The topological polar surface area (TPSA) is 38.7 Å². The highest BCUT2D eigenvalue weighted by Crippen LogP contribution is 2.21. The van der Waals surface area contributed by atoms with Gasteiger partial charge in [-0.2, -0.15) is 0 Å². The zero-order chi connectivity index (χ0) is 15.7. The van der Waals surface area contributed by atoms with Crippen LogP contribution in [-0.2, 0) is 9.53 Å². The molecule has 0 radical (unpaired) electrons. The molecule has 0 aliphatic carbocycles. The van der Waals surface area contributed by atoms with E-state index in [0.29, 0.717) is 10.9 Å². The molecule has 2 aromatic rings. The zero-order valence-electron chi connectivity index (χ0n) is 12.3. The molecule has 0 fully saturated rings. The Morgan fingerprint density at radius 1 is 1.05 bits per heavy atom. The van der Waals surface area contributed by atoms with Gasteiger partial charge in [0.25, 0.3) is 0 Å². The fourth-order valence-corrected chi connectivity index (χ4v) is 2.47. The van der Waals surface area contributed by atoms with Crippen molar-refractivity contribution >= 4 is 29.5 Å². The Balaban J connectivity index is 1.95. The van der Waals surface area contributed by atoms with E-state index in [0.717, 1.165) is 22.3 Å². The minimum absolute atomic E-state index is 0.288. The highest BCUT2D eigenvalue weighted by atomic mass is 35.5. The SMILES string of the molecule is Cc1cc(C)cc(C2=N/C(=C\c3ccc(Cl)cc3)C(=O)O2)c1. The molecule has 0 unspecified atom stereocenters. The molecule has 0 atom stereocenters. The number of aryl methyl sites for hydroxylation is 2. The lowest BCUT2D eigenvalue weighted by Gasteiger charge is -2.03. The molecule has 1 heterocycles. The molecule has 0 spiro atoms. The van der Waals surface area contributed by atoms with Gasteiger partial charge < -0.3 is 4.74 Å². The quantitative estimate of drug-likeness (QED) is 0.612. The molecule has 1 aliphatic rings. The maximum Gasteiger partial charge on any atom is 0.363 e. The van der Waals surface area contributed by atoms with E-state index in [1.54, 1.807) is 18.2 Å². The van der Waals surface area contributed by atoms with Gasteiger partial charge in [-0.05, 0) is 49.8 Å². The van der Waals surface area contributed by atoms with Gasteiger partial charge in [0.05, 0.1) is 0 Å². The number of halogens is 1. The molecule has 0 N–H and O–H groups in total. The Bertz CT molecular complexity index is 784. The molecule has 22 heavy (non-hydrogen) atoms. The minimum Gasteiger partial charge on any atom is -0.402 e. The van der Waals surface area contributed by atoms with Crippen LogP contribution in [0.25, 0.3) is 6.08 Å². The number of carbonyl (C=O) groups is 1. The summed E-state index contributed by atoms with van der Waals surface area (Å²) in [6.45, 7) is 4.00. The van der Waals surface area contributed by atoms with Gasteiger partial charge >= 0.3 is 5.97 Å². The molecule has 3 nitrogen and oxygen atoms in total. The van der Waals surface area contributed by atoms with E-state index in [1.807, 2.05) is 38.1 Å². The largest absolute Gasteiger partial charge is 0.402 e. The number of nitrogens with zero attached hydrogens (tertiary/aromatic N) is 1. The number of esters is 1. The zero-order valence-corrected chi connectivity index (χ0v) is 13.0. The van der Waals surface area contributed by atoms with Crippen molar-refractivity contribution in [1.29, 1.82) is 0 Å². The van der Waals surface area contributed by atoms with Gasteiger partial charge in [-0.3, -0.25) is 0 Å². The van der Waals surface area contributed by atoms with Crippen molar-refractivity contribution in [3.8, 4) is 0 Å². The Morgan fingerprint density at radius 3 is 2.32 bits per heavy atom. The molecule has 0 saturated carbocycles. The van der Waals surface area contributed by atoms with Crippen LogP contribution >= 0.6 is 11.6 Å². The molecule has 0 amide bonds. The van der Waals surface area contributed by atoms with Crippen LogP contribution < -0.4 is 0 Å². The van der Waals surface area contributed by atoms with Gasteiger partial charge in [0.15, 0.2) is 5.70 Å². The van der Waals surface area contributed by atoms with Gasteiger partial charge in [0.2, 0.25) is 5.90 Å². The summed E-state index contributed by atoms with van der Waals surface area (Å²) in [6.07, 6.45) is 1.69. The summed E-state index contributed by atoms with van der Waals surface area (Å²) in [4.78, 5) is 16.3. The van der Waals surface area contributed by atoms with Crippen LogP contribution in [-0.4, -0.2) is 11.9 Å². The Morgan fingerprint density at radius 2 is 1.68 bits per heavy atom. The monoisotopic (exact) mass is 311 g/mol. The van der Waals surface area contributed by atoms with Crippen LogP contribution in [0.15, 0.2) is 53.2 Å². The van der Waals surface area contributed by atoms with Crippen molar-refractivity contribution in [2.24, 2.45) is 4.99 Å². The van der Waals surface area contributed by atoms with E-state index in [1.165, 1.54) is 0 Å². The number of aliphatic imine (C=N–C) groups is 1. The smallest absolute Gasteiger partial charge is 0.363 e. The van der Waals surface area contributed by atoms with E-state index in [2.05, 4.69) is 11.1 Å². The highest BCUT2D eigenvalue weighted by Gasteiger charge is 2.24. The molecule has 110 valence electrons. The number of benzene rings is 2. The lowest BCUT2D eigenvalue weighted by molar-refractivity contribution is -0.129.